The smallest absolute Gasteiger partial charge is 0.274 e. The molecular weight excluding hydrogens is 596 g/mol. The maximum absolute atomic E-state index is 14.3. The van der Waals surface area contributed by atoms with Crippen molar-refractivity contribution < 1.29 is 28.5 Å². The van der Waals surface area contributed by atoms with Crippen LogP contribution >= 0.6 is 11.3 Å². The monoisotopic (exact) mass is 626 g/mol. The van der Waals surface area contributed by atoms with Gasteiger partial charge in [0.25, 0.3) is 11.5 Å². The molecule has 1 aliphatic heterocycles. The van der Waals surface area contributed by atoms with Crippen molar-refractivity contribution in [2.75, 3.05) is 40.9 Å². The Morgan fingerprint density at radius 2 is 1.56 bits per heavy atom. The quantitative estimate of drug-likeness (QED) is 0.286. The van der Waals surface area contributed by atoms with Crippen LogP contribution < -0.4 is 49.5 Å². The van der Waals surface area contributed by atoms with Gasteiger partial charge in [-0.3, -0.25) is 14.2 Å². The summed E-state index contributed by atoms with van der Waals surface area (Å²) in [6.07, 6.45) is 1.64. The summed E-state index contributed by atoms with van der Waals surface area (Å²) in [7, 11) is 7.53. The molecule has 11 nitrogen and oxygen atoms in total. The van der Waals surface area contributed by atoms with Gasteiger partial charge in [-0.25, -0.2) is 0 Å². The van der Waals surface area contributed by atoms with Crippen LogP contribution in [0.1, 0.15) is 17.0 Å². The molecule has 1 aliphatic rings. The minimum atomic E-state index is -1.00. The number of hydrogen-bond acceptors (Lipinski definition) is 10. The fourth-order valence-electron chi connectivity index (χ4n) is 5.26. The van der Waals surface area contributed by atoms with Crippen LogP contribution in [-0.4, -0.2) is 46.0 Å². The average Bonchev–Trinajstić information content (AvgIpc) is 3.39. The van der Waals surface area contributed by atoms with E-state index in [9.17, 15) is 14.9 Å². The van der Waals surface area contributed by atoms with E-state index in [1.165, 1.54) is 33.0 Å². The Bertz CT molecular complexity index is 2040. The predicted molar refractivity (Wildman–Crippen MR) is 171 cm³/mol. The fourth-order valence-corrected chi connectivity index (χ4v) is 6.42. The minimum Gasteiger partial charge on any atom is -0.497 e. The van der Waals surface area contributed by atoms with E-state index in [0.29, 0.717) is 45.6 Å². The van der Waals surface area contributed by atoms with Gasteiger partial charge in [0, 0.05) is 16.8 Å². The van der Waals surface area contributed by atoms with Crippen LogP contribution in [0.3, 0.4) is 0 Å². The summed E-state index contributed by atoms with van der Waals surface area (Å²) in [5.41, 5.74) is 7.72. The van der Waals surface area contributed by atoms with Gasteiger partial charge in [0.2, 0.25) is 0 Å². The molecule has 0 bridgehead atoms. The number of thiazole rings is 1. The molecule has 0 fully saturated rings. The number of nitrogens with one attached hydrogen (secondary N) is 1. The fraction of sp³-hybridized carbons (Fsp3) is 0.182. The summed E-state index contributed by atoms with van der Waals surface area (Å²) in [5.74, 6) is 0.593. The van der Waals surface area contributed by atoms with Crippen LogP contribution in [0.25, 0.3) is 17.5 Å². The first kappa shape index (κ1) is 30.8. The Labute approximate surface area is 262 Å². The van der Waals surface area contributed by atoms with Gasteiger partial charge >= 0.3 is 0 Å². The number of benzene rings is 3. The number of rotatable bonds is 9. The zero-order chi connectivity index (χ0) is 32.2. The number of nitrogens with zero attached hydrogens (tertiary/aromatic N) is 2. The maximum atomic E-state index is 14.3. The topological polar surface area (TPSA) is 147 Å². The number of methoxy groups -OCH3 is 5. The molecule has 1 atom stereocenters. The van der Waals surface area contributed by atoms with Crippen LogP contribution in [0.2, 0.25) is 0 Å². The normalized spacial score (nSPS) is 14.4. The first-order valence-electron chi connectivity index (χ1n) is 13.6. The van der Waals surface area contributed by atoms with E-state index in [4.69, 9.17) is 29.4 Å². The van der Waals surface area contributed by atoms with E-state index in [0.717, 1.165) is 11.3 Å². The number of allylic oxidation sites excluding steroid dienone is 1. The standard InChI is InChI=1S/C33H30N4O7S/c1-40-20-14-12-19(13-15-20)36-31(38)27-26(21-9-7-11-24(42-3)29(21)44-5)22(17-34)30(35)37-32(39)25(45-33(27)37)16-18-8-6-10-23(41-2)28(18)43-4/h6-16,26H,35H2,1-5H3,(H,36,38)/b25-16-. The van der Waals surface area contributed by atoms with E-state index in [1.54, 1.807) is 73.8 Å². The molecule has 2 heterocycles. The lowest BCUT2D eigenvalue weighted by atomic mass is 9.82. The van der Waals surface area contributed by atoms with Crippen molar-refractivity contribution >= 4 is 40.4 Å². The molecule has 230 valence electrons. The van der Waals surface area contributed by atoms with E-state index >= 15 is 0 Å². The Balaban J connectivity index is 1.85. The van der Waals surface area contributed by atoms with Gasteiger partial charge in [0.1, 0.15) is 16.2 Å². The zero-order valence-electron chi connectivity index (χ0n) is 25.2. The van der Waals surface area contributed by atoms with Gasteiger partial charge < -0.3 is 34.7 Å². The third kappa shape index (κ3) is 5.45. The van der Waals surface area contributed by atoms with Gasteiger partial charge in [-0.2, -0.15) is 5.26 Å². The Morgan fingerprint density at radius 1 is 0.911 bits per heavy atom. The maximum Gasteiger partial charge on any atom is 0.274 e. The number of fused-ring (bicyclic) bond motifs is 1. The summed E-state index contributed by atoms with van der Waals surface area (Å²) in [6.45, 7) is 0. The van der Waals surface area contributed by atoms with Crippen molar-refractivity contribution in [2.24, 2.45) is 5.73 Å². The highest BCUT2D eigenvalue weighted by Crippen LogP contribution is 2.44. The van der Waals surface area contributed by atoms with E-state index in [-0.39, 0.29) is 26.2 Å². The van der Waals surface area contributed by atoms with E-state index in [1.807, 2.05) is 0 Å². The van der Waals surface area contributed by atoms with Crippen LogP contribution in [0.15, 0.2) is 71.0 Å². The molecule has 3 N–H and O–H groups in total. The molecule has 0 aliphatic carbocycles. The first-order chi connectivity index (χ1) is 21.8. The lowest BCUT2D eigenvalue weighted by Crippen LogP contribution is -2.40. The summed E-state index contributed by atoms with van der Waals surface area (Å²) in [5, 5.41) is 13.4. The Hall–Kier alpha value is -5.67. The molecule has 5 rings (SSSR count). The molecular formula is C33H30N4O7S. The van der Waals surface area contributed by atoms with Crippen molar-refractivity contribution in [3.8, 4) is 34.8 Å². The Kier molecular flexibility index (Phi) is 8.83. The molecule has 45 heavy (non-hydrogen) atoms. The van der Waals surface area contributed by atoms with Gasteiger partial charge in [-0.15, -0.1) is 11.3 Å². The molecule has 3 aromatic carbocycles. The highest BCUT2D eigenvalue weighted by molar-refractivity contribution is 7.07. The molecule has 0 saturated heterocycles. The molecule has 0 spiro atoms. The molecule has 1 amide bonds. The van der Waals surface area contributed by atoms with E-state index < -0.39 is 17.4 Å². The van der Waals surface area contributed by atoms with Gasteiger partial charge in [-0.1, -0.05) is 24.3 Å². The number of carbonyl (C=O) groups is 1. The number of anilines is 1. The summed E-state index contributed by atoms with van der Waals surface area (Å²) in [6, 6.07) is 19.4. The lowest BCUT2D eigenvalue weighted by molar-refractivity contribution is -0.111. The molecule has 4 aromatic rings. The van der Waals surface area contributed by atoms with Gasteiger partial charge in [-0.05, 0) is 42.5 Å². The molecule has 12 heteroatoms. The van der Waals surface area contributed by atoms with Crippen LogP contribution in [0.5, 0.6) is 28.7 Å². The number of nitrogens with two attached hydrogens (primary N) is 1. The van der Waals surface area contributed by atoms with Crippen LogP contribution in [-0.2, 0) is 4.79 Å². The zero-order valence-corrected chi connectivity index (χ0v) is 26.0. The number of aromatic nitrogens is 1. The van der Waals surface area contributed by atoms with Crippen molar-refractivity contribution in [2.45, 2.75) is 5.92 Å². The number of para-hydroxylation sites is 2. The highest BCUT2D eigenvalue weighted by Gasteiger charge is 2.38. The molecule has 1 aromatic heterocycles. The SMILES string of the molecule is COc1ccc(NC(=O)C2=c3s/c(=C\c4cccc(OC)c4OC)c(=O)n3C(N)=C(C#N)C2c2cccc(OC)c2OC)cc1. The van der Waals surface area contributed by atoms with Gasteiger partial charge in [0.15, 0.2) is 23.0 Å². The molecule has 0 radical (unpaired) electrons. The summed E-state index contributed by atoms with van der Waals surface area (Å²) in [4.78, 5) is 28.2. The van der Waals surface area contributed by atoms with Crippen molar-refractivity contribution in [3.05, 3.63) is 96.9 Å². The van der Waals surface area contributed by atoms with Crippen LogP contribution in [0, 0.1) is 11.3 Å². The van der Waals surface area contributed by atoms with Crippen molar-refractivity contribution in [1.29, 1.82) is 5.26 Å². The predicted octanol–water partition coefficient (Wildman–Crippen LogP) is 3.02. The third-order valence-electron chi connectivity index (χ3n) is 7.33. The summed E-state index contributed by atoms with van der Waals surface area (Å²) < 4.78 is 29.2. The van der Waals surface area contributed by atoms with Crippen molar-refractivity contribution in [3.63, 3.8) is 0 Å². The molecule has 0 saturated carbocycles. The number of carbonyl (C=O) groups excluding carboxylic acids is 1. The highest BCUT2D eigenvalue weighted by atomic mass is 32.1. The Morgan fingerprint density at radius 3 is 2.16 bits per heavy atom. The second kappa shape index (κ2) is 12.9. The average molecular weight is 627 g/mol. The van der Waals surface area contributed by atoms with E-state index in [2.05, 4.69) is 11.4 Å². The number of nitriles is 1. The summed E-state index contributed by atoms with van der Waals surface area (Å²) >= 11 is 1.07. The second-order valence-electron chi connectivity index (χ2n) is 9.66. The lowest BCUT2D eigenvalue weighted by Gasteiger charge is -2.27. The second-order valence-corrected chi connectivity index (χ2v) is 10.7. The largest absolute Gasteiger partial charge is 0.497 e. The minimum absolute atomic E-state index is 0.000607. The number of ether oxygens (including phenoxy) is 5. The first-order valence-corrected chi connectivity index (χ1v) is 14.4. The van der Waals surface area contributed by atoms with Gasteiger partial charge in [0.05, 0.1) is 63.2 Å². The number of amides is 1. The number of hydrogen-bond donors (Lipinski definition) is 2. The van der Waals surface area contributed by atoms with Crippen LogP contribution in [0.4, 0.5) is 5.69 Å². The van der Waals surface area contributed by atoms with Crippen molar-refractivity contribution in [1.82, 2.24) is 4.57 Å². The molecule has 1 unspecified atom stereocenters. The third-order valence-corrected chi connectivity index (χ3v) is 8.43.